The summed E-state index contributed by atoms with van der Waals surface area (Å²) in [6, 6.07) is 0.00764. The normalized spacial score (nSPS) is 27.8. The molecule has 0 radical (unpaired) electrons. The molecule has 80 valence electrons. The number of carbonyl (C=O) groups is 1. The smallest absolute Gasteiger partial charge is 0.307 e. The zero-order valence-electron chi connectivity index (χ0n) is 8.18. The Bertz CT molecular complexity index is 368. The summed E-state index contributed by atoms with van der Waals surface area (Å²) in [5, 5.41) is 20.9. The monoisotopic (exact) mass is 207 g/mol. The summed E-state index contributed by atoms with van der Waals surface area (Å²) in [7, 11) is 0. The van der Waals surface area contributed by atoms with E-state index in [1.807, 2.05) is 24.3 Å². The fraction of sp³-hybridized carbons (Fsp3) is 0.364. The van der Waals surface area contributed by atoms with Crippen molar-refractivity contribution in [3.8, 4) is 0 Å². The number of allylic oxidation sites excluding steroid dienone is 2. The molecule has 3 N–H and O–H groups in total. The van der Waals surface area contributed by atoms with Crippen molar-refractivity contribution in [2.75, 3.05) is 6.61 Å². The third-order valence-electron chi connectivity index (χ3n) is 2.69. The van der Waals surface area contributed by atoms with Crippen molar-refractivity contribution < 1.29 is 15.0 Å². The van der Waals surface area contributed by atoms with Gasteiger partial charge in [0.1, 0.15) is 0 Å². The van der Waals surface area contributed by atoms with E-state index in [2.05, 4.69) is 5.32 Å². The molecule has 2 aliphatic rings. The van der Waals surface area contributed by atoms with Crippen molar-refractivity contribution in [2.24, 2.45) is 5.92 Å². The molecular weight excluding hydrogens is 194 g/mol. The Morgan fingerprint density at radius 2 is 2.33 bits per heavy atom. The number of carboxylic acid groups (broad SMARTS) is 1. The van der Waals surface area contributed by atoms with Crippen molar-refractivity contribution in [1.82, 2.24) is 5.32 Å². The first-order valence-electron chi connectivity index (χ1n) is 4.88. The van der Waals surface area contributed by atoms with Gasteiger partial charge in [0, 0.05) is 11.6 Å². The highest BCUT2D eigenvalue weighted by molar-refractivity contribution is 5.71. The molecule has 0 aromatic rings. The van der Waals surface area contributed by atoms with Crippen LogP contribution in [0, 0.1) is 5.92 Å². The lowest BCUT2D eigenvalue weighted by Crippen LogP contribution is -2.32. The molecule has 4 heteroatoms. The minimum absolute atomic E-state index is 0.00764. The lowest BCUT2D eigenvalue weighted by Gasteiger charge is -2.23. The molecule has 2 unspecified atom stereocenters. The first-order chi connectivity index (χ1) is 7.20. The Hall–Kier alpha value is -1.55. The van der Waals surface area contributed by atoms with Gasteiger partial charge in [0.2, 0.25) is 0 Å². The molecule has 1 aliphatic heterocycles. The summed E-state index contributed by atoms with van der Waals surface area (Å²) in [6.07, 6.45) is 7.70. The van der Waals surface area contributed by atoms with Crippen LogP contribution < -0.4 is 5.32 Å². The van der Waals surface area contributed by atoms with Crippen molar-refractivity contribution in [3.05, 3.63) is 35.6 Å². The number of rotatable bonds is 3. The summed E-state index contributed by atoms with van der Waals surface area (Å²) in [6.45, 7) is -0.0266. The lowest BCUT2D eigenvalue weighted by molar-refractivity contribution is -0.136. The topological polar surface area (TPSA) is 69.6 Å². The first kappa shape index (κ1) is 9.98. The number of aliphatic hydroxyl groups is 1. The minimum atomic E-state index is -0.824. The van der Waals surface area contributed by atoms with Crippen LogP contribution >= 0.6 is 0 Å². The van der Waals surface area contributed by atoms with E-state index in [0.717, 1.165) is 11.3 Å². The molecule has 1 heterocycles. The molecule has 0 bridgehead atoms. The summed E-state index contributed by atoms with van der Waals surface area (Å²) in [5.41, 5.74) is 1.63. The summed E-state index contributed by atoms with van der Waals surface area (Å²) < 4.78 is 0. The van der Waals surface area contributed by atoms with Gasteiger partial charge in [-0.2, -0.15) is 0 Å². The van der Waals surface area contributed by atoms with E-state index in [-0.39, 0.29) is 25.0 Å². The Labute approximate surface area is 87.6 Å². The maximum absolute atomic E-state index is 10.6. The minimum Gasteiger partial charge on any atom is -0.481 e. The predicted octanol–water partition coefficient (Wildman–Crippen LogP) is 0.422. The molecule has 15 heavy (non-hydrogen) atoms. The number of aliphatic hydroxyl groups excluding tert-OH is 1. The van der Waals surface area contributed by atoms with Gasteiger partial charge in [-0.3, -0.25) is 4.79 Å². The van der Waals surface area contributed by atoms with Gasteiger partial charge in [0.15, 0.2) is 0 Å². The van der Waals surface area contributed by atoms with E-state index in [9.17, 15) is 4.79 Å². The third kappa shape index (κ3) is 1.94. The zero-order chi connectivity index (χ0) is 10.8. The van der Waals surface area contributed by atoms with Crippen molar-refractivity contribution in [3.63, 3.8) is 0 Å². The average Bonchev–Trinajstić information content (AvgIpc) is 2.61. The van der Waals surface area contributed by atoms with Gasteiger partial charge in [-0.05, 0) is 5.57 Å². The average molecular weight is 207 g/mol. The maximum atomic E-state index is 10.6. The highest BCUT2D eigenvalue weighted by atomic mass is 16.4. The fourth-order valence-corrected chi connectivity index (χ4v) is 2.03. The molecule has 0 amide bonds. The van der Waals surface area contributed by atoms with E-state index in [1.165, 1.54) is 0 Å². The molecule has 0 saturated carbocycles. The SMILES string of the molecule is O=C(O)CC1=CC=CC2C=C(CO)NC12. The van der Waals surface area contributed by atoms with Gasteiger partial charge in [-0.1, -0.05) is 24.3 Å². The molecule has 2 rings (SSSR count). The van der Waals surface area contributed by atoms with Crippen LogP contribution in [-0.2, 0) is 4.79 Å². The second-order valence-electron chi connectivity index (χ2n) is 3.75. The maximum Gasteiger partial charge on any atom is 0.307 e. The van der Waals surface area contributed by atoms with Crippen LogP contribution in [0.25, 0.3) is 0 Å². The van der Waals surface area contributed by atoms with Crippen LogP contribution in [0.1, 0.15) is 6.42 Å². The highest BCUT2D eigenvalue weighted by Gasteiger charge is 2.30. The molecule has 4 nitrogen and oxygen atoms in total. The Morgan fingerprint density at radius 1 is 1.53 bits per heavy atom. The Morgan fingerprint density at radius 3 is 3.00 bits per heavy atom. The van der Waals surface area contributed by atoms with Crippen molar-refractivity contribution >= 4 is 5.97 Å². The van der Waals surface area contributed by atoms with Crippen LogP contribution in [0.3, 0.4) is 0 Å². The largest absolute Gasteiger partial charge is 0.481 e. The molecule has 0 fully saturated rings. The lowest BCUT2D eigenvalue weighted by atomic mass is 9.89. The number of carboxylic acids is 1. The van der Waals surface area contributed by atoms with E-state index < -0.39 is 5.97 Å². The molecular formula is C11H13NO3. The number of hydrogen-bond acceptors (Lipinski definition) is 3. The quantitative estimate of drug-likeness (QED) is 0.627. The standard InChI is InChI=1S/C11H13NO3/c13-6-9-4-7-2-1-3-8(5-10(14)15)11(7)12-9/h1-4,7,11-13H,5-6H2,(H,14,15). The number of aliphatic carboxylic acids is 1. The van der Waals surface area contributed by atoms with E-state index >= 15 is 0 Å². The molecule has 0 spiro atoms. The van der Waals surface area contributed by atoms with E-state index in [4.69, 9.17) is 10.2 Å². The summed E-state index contributed by atoms with van der Waals surface area (Å²) in [5.74, 6) is -0.652. The Balaban J connectivity index is 2.14. The second-order valence-corrected chi connectivity index (χ2v) is 3.75. The predicted molar refractivity (Wildman–Crippen MR) is 55.1 cm³/mol. The van der Waals surface area contributed by atoms with Crippen LogP contribution in [0.4, 0.5) is 0 Å². The fourth-order valence-electron chi connectivity index (χ4n) is 2.03. The number of nitrogens with one attached hydrogen (secondary N) is 1. The molecule has 2 atom stereocenters. The summed E-state index contributed by atoms with van der Waals surface area (Å²) in [4.78, 5) is 10.6. The Kier molecular flexibility index (Phi) is 2.60. The van der Waals surface area contributed by atoms with Gasteiger partial charge in [-0.25, -0.2) is 0 Å². The second kappa shape index (κ2) is 3.90. The third-order valence-corrected chi connectivity index (χ3v) is 2.69. The first-order valence-corrected chi connectivity index (χ1v) is 4.88. The zero-order valence-corrected chi connectivity index (χ0v) is 8.18. The van der Waals surface area contributed by atoms with E-state index in [0.29, 0.717) is 0 Å². The van der Waals surface area contributed by atoms with Crippen LogP contribution in [-0.4, -0.2) is 28.8 Å². The summed E-state index contributed by atoms with van der Waals surface area (Å²) >= 11 is 0. The number of hydrogen-bond donors (Lipinski definition) is 3. The van der Waals surface area contributed by atoms with Gasteiger partial charge in [-0.15, -0.1) is 0 Å². The van der Waals surface area contributed by atoms with Crippen LogP contribution in [0.5, 0.6) is 0 Å². The van der Waals surface area contributed by atoms with Crippen molar-refractivity contribution in [1.29, 1.82) is 0 Å². The van der Waals surface area contributed by atoms with Crippen LogP contribution in [0.15, 0.2) is 35.6 Å². The van der Waals surface area contributed by atoms with Gasteiger partial charge >= 0.3 is 5.97 Å². The molecule has 0 saturated heterocycles. The van der Waals surface area contributed by atoms with Gasteiger partial charge in [0.05, 0.1) is 19.1 Å². The van der Waals surface area contributed by atoms with Gasteiger partial charge in [0.25, 0.3) is 0 Å². The van der Waals surface area contributed by atoms with Crippen LogP contribution in [0.2, 0.25) is 0 Å². The molecule has 0 aromatic carbocycles. The van der Waals surface area contributed by atoms with E-state index in [1.54, 1.807) is 0 Å². The molecule has 1 aliphatic carbocycles. The van der Waals surface area contributed by atoms with Gasteiger partial charge < -0.3 is 15.5 Å². The van der Waals surface area contributed by atoms with Crippen molar-refractivity contribution in [2.45, 2.75) is 12.5 Å². The molecule has 0 aromatic heterocycles. The highest BCUT2D eigenvalue weighted by Crippen LogP contribution is 2.28. The number of fused-ring (bicyclic) bond motifs is 1.